The van der Waals surface area contributed by atoms with Gasteiger partial charge in [0, 0.05) is 21.8 Å². The first-order valence-electron chi connectivity index (χ1n) is 17.1. The summed E-state index contributed by atoms with van der Waals surface area (Å²) in [5.41, 5.74) is 16.7. The molecule has 2 heteroatoms. The summed E-state index contributed by atoms with van der Waals surface area (Å²) >= 11 is 0. The van der Waals surface area contributed by atoms with Gasteiger partial charge in [0.1, 0.15) is 5.82 Å². The lowest BCUT2D eigenvalue weighted by Crippen LogP contribution is -2.17. The third-order valence-electron chi connectivity index (χ3n) is 11.5. The van der Waals surface area contributed by atoms with Crippen LogP contribution >= 0.6 is 0 Å². The second-order valence-electron chi connectivity index (χ2n) is 14.8. The van der Waals surface area contributed by atoms with E-state index in [4.69, 9.17) is 4.98 Å². The molecule has 0 radical (unpaired) electrons. The number of benzene rings is 7. The summed E-state index contributed by atoms with van der Waals surface area (Å²) in [5.74, 6) is 0.967. The SMILES string of the molecule is Cc1cc2c(c3ccccc13)-c1cc3c(cc1C2(C)C)-c1c(cc(-n2c(-c4ccccc4)nc4ccccc42)c2ccccc12)C3(C)C. The fourth-order valence-electron chi connectivity index (χ4n) is 9.05. The molecule has 0 atom stereocenters. The van der Waals surface area contributed by atoms with E-state index in [1.165, 1.54) is 77.3 Å². The lowest BCUT2D eigenvalue weighted by Gasteiger charge is -2.25. The highest BCUT2D eigenvalue weighted by Gasteiger charge is 2.43. The number of nitrogens with zero attached hydrogens (tertiary/aromatic N) is 2. The summed E-state index contributed by atoms with van der Waals surface area (Å²) in [6.07, 6.45) is 0. The average molecular weight is 617 g/mol. The Labute approximate surface area is 281 Å². The molecular weight excluding hydrogens is 581 g/mol. The van der Waals surface area contributed by atoms with Crippen molar-refractivity contribution in [2.75, 3.05) is 0 Å². The van der Waals surface area contributed by atoms with Gasteiger partial charge in [0.05, 0.1) is 16.7 Å². The molecule has 0 spiro atoms. The molecule has 2 aliphatic carbocycles. The second kappa shape index (κ2) is 9.33. The van der Waals surface area contributed by atoms with Crippen LogP contribution < -0.4 is 0 Å². The van der Waals surface area contributed by atoms with E-state index >= 15 is 0 Å². The maximum Gasteiger partial charge on any atom is 0.145 e. The van der Waals surface area contributed by atoms with Gasteiger partial charge in [-0.05, 0) is 103 Å². The van der Waals surface area contributed by atoms with Crippen molar-refractivity contribution in [2.45, 2.75) is 45.4 Å². The largest absolute Gasteiger partial charge is 0.292 e. The number of hydrogen-bond donors (Lipinski definition) is 0. The summed E-state index contributed by atoms with van der Waals surface area (Å²) in [7, 11) is 0. The molecule has 2 aliphatic rings. The molecule has 0 saturated heterocycles. The quantitative estimate of drug-likeness (QED) is 0.189. The highest BCUT2D eigenvalue weighted by molar-refractivity contribution is 6.09. The van der Waals surface area contributed by atoms with Crippen molar-refractivity contribution < 1.29 is 0 Å². The van der Waals surface area contributed by atoms with Gasteiger partial charge >= 0.3 is 0 Å². The van der Waals surface area contributed by atoms with E-state index in [2.05, 4.69) is 167 Å². The maximum absolute atomic E-state index is 5.21. The minimum atomic E-state index is -0.199. The highest BCUT2D eigenvalue weighted by Crippen LogP contribution is 2.59. The standard InChI is InChI=1S/C46H36N2/c1-27-23-37-42(31-19-11-9-17-29(27)31)33-24-36-34(25-35(33)45(37,2)3)43-32-20-12-10-18-30(32)41(26-38(43)46(36,4)5)48-40-22-14-13-21-39(40)47-44(48)28-15-7-6-8-16-28/h6-26H,1-5H3. The number of para-hydroxylation sites is 2. The van der Waals surface area contributed by atoms with Crippen LogP contribution in [0.25, 0.3) is 71.9 Å². The summed E-state index contributed by atoms with van der Waals surface area (Å²) in [6, 6.07) is 47.1. The topological polar surface area (TPSA) is 17.8 Å². The van der Waals surface area contributed by atoms with Gasteiger partial charge in [0.2, 0.25) is 0 Å². The molecule has 230 valence electrons. The third-order valence-corrected chi connectivity index (χ3v) is 11.5. The first-order valence-corrected chi connectivity index (χ1v) is 17.1. The molecular formula is C46H36N2. The van der Waals surface area contributed by atoms with Gasteiger partial charge in [-0.3, -0.25) is 4.57 Å². The molecule has 2 nitrogen and oxygen atoms in total. The van der Waals surface area contributed by atoms with Crippen LogP contribution in [0.1, 0.15) is 55.5 Å². The molecule has 0 bridgehead atoms. The monoisotopic (exact) mass is 616 g/mol. The number of rotatable bonds is 2. The van der Waals surface area contributed by atoms with Crippen molar-refractivity contribution in [3.8, 4) is 39.3 Å². The van der Waals surface area contributed by atoms with Crippen molar-refractivity contribution in [3.05, 3.63) is 155 Å². The Morgan fingerprint density at radius 1 is 0.500 bits per heavy atom. The minimum Gasteiger partial charge on any atom is -0.292 e. The predicted octanol–water partition coefficient (Wildman–Crippen LogP) is 11.9. The van der Waals surface area contributed by atoms with Crippen LogP contribution in [0.15, 0.2) is 127 Å². The molecule has 1 heterocycles. The van der Waals surface area contributed by atoms with Crippen molar-refractivity contribution in [2.24, 2.45) is 0 Å². The van der Waals surface area contributed by atoms with Gasteiger partial charge in [0.15, 0.2) is 0 Å². The summed E-state index contributed by atoms with van der Waals surface area (Å²) < 4.78 is 2.39. The molecule has 7 aromatic carbocycles. The van der Waals surface area contributed by atoms with Gasteiger partial charge < -0.3 is 0 Å². The van der Waals surface area contributed by atoms with Gasteiger partial charge in [-0.2, -0.15) is 0 Å². The Morgan fingerprint density at radius 2 is 1.02 bits per heavy atom. The highest BCUT2D eigenvalue weighted by atomic mass is 15.1. The zero-order valence-corrected chi connectivity index (χ0v) is 28.0. The van der Waals surface area contributed by atoms with Crippen LogP contribution in [0, 0.1) is 6.92 Å². The predicted molar refractivity (Wildman–Crippen MR) is 201 cm³/mol. The Balaban J connectivity index is 1.28. The smallest absolute Gasteiger partial charge is 0.145 e. The van der Waals surface area contributed by atoms with Crippen molar-refractivity contribution in [1.82, 2.24) is 9.55 Å². The zero-order chi connectivity index (χ0) is 32.5. The van der Waals surface area contributed by atoms with Crippen LogP contribution in [0.4, 0.5) is 0 Å². The van der Waals surface area contributed by atoms with Crippen LogP contribution in [-0.2, 0) is 10.8 Å². The van der Waals surface area contributed by atoms with E-state index < -0.39 is 0 Å². The lowest BCUT2D eigenvalue weighted by atomic mass is 9.79. The molecule has 0 amide bonds. The molecule has 0 saturated carbocycles. The molecule has 8 aromatic rings. The number of hydrogen-bond acceptors (Lipinski definition) is 1. The fourth-order valence-corrected chi connectivity index (χ4v) is 9.05. The van der Waals surface area contributed by atoms with Gasteiger partial charge in [0.25, 0.3) is 0 Å². The maximum atomic E-state index is 5.21. The molecule has 0 aliphatic heterocycles. The van der Waals surface area contributed by atoms with Gasteiger partial charge in [-0.25, -0.2) is 4.98 Å². The van der Waals surface area contributed by atoms with Crippen LogP contribution in [0.2, 0.25) is 0 Å². The Morgan fingerprint density at radius 3 is 1.69 bits per heavy atom. The lowest BCUT2D eigenvalue weighted by molar-refractivity contribution is 0.652. The first kappa shape index (κ1) is 27.6. The third kappa shape index (κ3) is 3.45. The average Bonchev–Trinajstić information content (AvgIpc) is 3.67. The van der Waals surface area contributed by atoms with E-state index in [1.54, 1.807) is 0 Å². The zero-order valence-electron chi connectivity index (χ0n) is 28.0. The molecule has 0 N–H and O–H groups in total. The van der Waals surface area contributed by atoms with Crippen molar-refractivity contribution in [3.63, 3.8) is 0 Å². The van der Waals surface area contributed by atoms with E-state index in [9.17, 15) is 0 Å². The molecule has 1 aromatic heterocycles. The first-order chi connectivity index (χ1) is 23.2. The molecule has 0 unspecified atom stereocenters. The van der Waals surface area contributed by atoms with Crippen LogP contribution in [0.3, 0.4) is 0 Å². The Kier molecular flexibility index (Phi) is 5.37. The van der Waals surface area contributed by atoms with E-state index in [-0.39, 0.29) is 10.8 Å². The van der Waals surface area contributed by atoms with Gasteiger partial charge in [-0.1, -0.05) is 125 Å². The summed E-state index contributed by atoms with van der Waals surface area (Å²) in [6.45, 7) is 11.9. The van der Waals surface area contributed by atoms with Crippen LogP contribution in [0.5, 0.6) is 0 Å². The minimum absolute atomic E-state index is 0.0998. The number of imidazole rings is 1. The van der Waals surface area contributed by atoms with E-state index in [0.29, 0.717) is 0 Å². The van der Waals surface area contributed by atoms with Crippen molar-refractivity contribution in [1.29, 1.82) is 0 Å². The normalized spacial score (nSPS) is 15.1. The number of fused-ring (bicyclic) bond motifs is 11. The van der Waals surface area contributed by atoms with E-state index in [1.807, 2.05) is 0 Å². The van der Waals surface area contributed by atoms with Crippen molar-refractivity contribution >= 4 is 32.6 Å². The second-order valence-corrected chi connectivity index (χ2v) is 14.8. The fraction of sp³-hybridized carbons (Fsp3) is 0.152. The van der Waals surface area contributed by atoms with Gasteiger partial charge in [-0.15, -0.1) is 0 Å². The molecule has 10 rings (SSSR count). The van der Waals surface area contributed by atoms with Crippen LogP contribution in [-0.4, -0.2) is 9.55 Å². The number of aryl methyl sites for hydroxylation is 1. The summed E-state index contributed by atoms with van der Waals surface area (Å²) in [5, 5.41) is 5.24. The molecule has 0 fully saturated rings. The summed E-state index contributed by atoms with van der Waals surface area (Å²) in [4.78, 5) is 5.21. The molecule has 48 heavy (non-hydrogen) atoms. The Hall–Kier alpha value is -5.47. The van der Waals surface area contributed by atoms with E-state index in [0.717, 1.165) is 22.4 Å². The number of aromatic nitrogens is 2. The Bertz CT molecular complexity index is 2670.